The summed E-state index contributed by atoms with van der Waals surface area (Å²) in [6, 6.07) is 0. The van der Waals surface area contributed by atoms with Gasteiger partial charge in [-0.3, -0.25) is 0 Å². The molecule has 0 atom stereocenters. The molecule has 0 heterocycles. The summed E-state index contributed by atoms with van der Waals surface area (Å²) in [5.41, 5.74) is -0.403. The summed E-state index contributed by atoms with van der Waals surface area (Å²) in [5, 5.41) is 2.14. The Bertz CT molecular complexity index is 431. The standard InChI is InChI=1S/C24H51NO3S/c1-4-7-9-11-13-15-17-19-21-24(25-6-3,23-29(26,27)28)22-20-18-16-14-12-10-8-5-2/h25H,4-23H2,1-3H3,(H,26,27,28). The van der Waals surface area contributed by atoms with E-state index in [0.29, 0.717) is 0 Å². The molecule has 176 valence electrons. The van der Waals surface area contributed by atoms with Gasteiger partial charge in [0.1, 0.15) is 15.7 Å². The smallest absolute Gasteiger partial charge is 0.109 e. The van der Waals surface area contributed by atoms with E-state index in [-0.39, 0.29) is 5.75 Å². The molecule has 0 aliphatic carbocycles. The van der Waals surface area contributed by atoms with Crippen LogP contribution in [0.1, 0.15) is 136 Å². The topological polar surface area (TPSA) is 73.8 Å². The molecule has 0 aliphatic rings. The summed E-state index contributed by atoms with van der Waals surface area (Å²) in [6.45, 7) is 7.37. The van der Waals surface area contributed by atoms with Crippen molar-refractivity contribution in [3.8, 4) is 0 Å². The maximum Gasteiger partial charge on any atom is 0.109 e. The molecule has 0 radical (unpaired) electrons. The van der Waals surface area contributed by atoms with E-state index >= 15 is 0 Å². The molecule has 2 N–H and O–H groups in total. The maximum absolute atomic E-state index is 11.6. The largest absolute Gasteiger partial charge is 0.748 e. The van der Waals surface area contributed by atoms with Crippen molar-refractivity contribution >= 4 is 10.1 Å². The van der Waals surface area contributed by atoms with E-state index < -0.39 is 15.7 Å². The van der Waals surface area contributed by atoms with Gasteiger partial charge >= 0.3 is 0 Å². The van der Waals surface area contributed by atoms with Crippen molar-refractivity contribution in [2.75, 3.05) is 12.3 Å². The molecule has 0 amide bonds. The molecule has 0 fully saturated rings. The molecule has 0 saturated carbocycles. The SMILES string of the molecule is CCCCCCCCCCC(CCCCCCCCCC)(CS(=O)(=O)[O-])[NH2+]CC. The molecule has 0 unspecified atom stereocenters. The lowest BCUT2D eigenvalue weighted by molar-refractivity contribution is -0.722. The predicted octanol–water partition coefficient (Wildman–Crippen LogP) is 5.92. The summed E-state index contributed by atoms with van der Waals surface area (Å²) < 4.78 is 34.9. The lowest BCUT2D eigenvalue weighted by Gasteiger charge is -2.32. The molecule has 0 saturated heterocycles. The van der Waals surface area contributed by atoms with E-state index in [9.17, 15) is 13.0 Å². The van der Waals surface area contributed by atoms with Crippen LogP contribution in [-0.4, -0.2) is 30.8 Å². The molecule has 0 spiro atoms. The van der Waals surface area contributed by atoms with Gasteiger partial charge < -0.3 is 9.87 Å². The van der Waals surface area contributed by atoms with Crippen LogP contribution >= 0.6 is 0 Å². The molecule has 0 bridgehead atoms. The predicted molar refractivity (Wildman–Crippen MR) is 124 cm³/mol. The van der Waals surface area contributed by atoms with Gasteiger partial charge in [0.25, 0.3) is 0 Å². The first kappa shape index (κ1) is 28.9. The van der Waals surface area contributed by atoms with Crippen molar-refractivity contribution in [1.82, 2.24) is 0 Å². The normalized spacial score (nSPS) is 12.6. The highest BCUT2D eigenvalue weighted by atomic mass is 32.2. The van der Waals surface area contributed by atoms with Crippen molar-refractivity contribution in [3.05, 3.63) is 0 Å². The Hall–Kier alpha value is -0.130. The highest BCUT2D eigenvalue weighted by molar-refractivity contribution is 7.85. The van der Waals surface area contributed by atoms with Crippen LogP contribution in [0.2, 0.25) is 0 Å². The van der Waals surface area contributed by atoms with E-state index in [2.05, 4.69) is 26.1 Å². The van der Waals surface area contributed by atoms with Gasteiger partial charge in [-0.15, -0.1) is 0 Å². The first-order valence-electron chi connectivity index (χ1n) is 12.7. The summed E-state index contributed by atoms with van der Waals surface area (Å²) in [6.07, 6.45) is 21.6. The fraction of sp³-hybridized carbons (Fsp3) is 1.00. The zero-order valence-corrected chi connectivity index (χ0v) is 20.7. The van der Waals surface area contributed by atoms with Crippen LogP contribution in [0.15, 0.2) is 0 Å². The van der Waals surface area contributed by atoms with E-state index in [1.54, 1.807) is 0 Å². The van der Waals surface area contributed by atoms with Gasteiger partial charge in [0, 0.05) is 12.8 Å². The van der Waals surface area contributed by atoms with Crippen LogP contribution in [0.5, 0.6) is 0 Å². The van der Waals surface area contributed by atoms with Crippen LogP contribution in [0.25, 0.3) is 0 Å². The van der Waals surface area contributed by atoms with Gasteiger partial charge in [0.15, 0.2) is 0 Å². The number of unbranched alkanes of at least 4 members (excludes halogenated alkanes) is 14. The molecule has 0 aromatic heterocycles. The number of quaternary nitrogens is 1. The van der Waals surface area contributed by atoms with Gasteiger partial charge in [0.05, 0.1) is 12.3 Å². The van der Waals surface area contributed by atoms with Gasteiger partial charge in [-0.05, 0) is 19.8 Å². The van der Waals surface area contributed by atoms with E-state index in [1.165, 1.54) is 77.0 Å². The van der Waals surface area contributed by atoms with Crippen molar-refractivity contribution in [2.24, 2.45) is 0 Å². The molecule has 5 heteroatoms. The summed E-state index contributed by atoms with van der Waals surface area (Å²) in [4.78, 5) is 0. The molecule has 4 nitrogen and oxygen atoms in total. The average Bonchev–Trinajstić information content (AvgIpc) is 2.65. The Labute approximate surface area is 182 Å². The fourth-order valence-corrected chi connectivity index (χ4v) is 5.65. The Morgan fingerprint density at radius 1 is 0.621 bits per heavy atom. The minimum atomic E-state index is -4.20. The van der Waals surface area contributed by atoms with Crippen molar-refractivity contribution in [1.29, 1.82) is 0 Å². The van der Waals surface area contributed by atoms with Crippen molar-refractivity contribution in [2.45, 2.75) is 142 Å². The third kappa shape index (κ3) is 18.4. The van der Waals surface area contributed by atoms with Crippen molar-refractivity contribution < 1.29 is 18.3 Å². The second-order valence-electron chi connectivity index (χ2n) is 9.13. The molecular formula is C24H51NO3S. The van der Waals surface area contributed by atoms with E-state index in [1.807, 2.05) is 0 Å². The quantitative estimate of drug-likeness (QED) is 0.170. The number of nitrogens with two attached hydrogens (primary N) is 1. The van der Waals surface area contributed by atoms with Crippen LogP contribution in [0, 0.1) is 0 Å². The Kier molecular flexibility index (Phi) is 18.5. The number of hydrogen-bond donors (Lipinski definition) is 1. The summed E-state index contributed by atoms with van der Waals surface area (Å²) in [7, 11) is -4.20. The number of rotatable bonds is 22. The third-order valence-corrected chi connectivity index (χ3v) is 7.09. The fourth-order valence-electron chi connectivity index (χ4n) is 4.54. The second-order valence-corrected chi connectivity index (χ2v) is 10.5. The Balaban J connectivity index is 4.38. The maximum atomic E-state index is 11.6. The second kappa shape index (κ2) is 18.6. The third-order valence-electron chi connectivity index (χ3n) is 6.16. The molecule has 29 heavy (non-hydrogen) atoms. The highest BCUT2D eigenvalue weighted by Gasteiger charge is 2.34. The van der Waals surface area contributed by atoms with Crippen molar-refractivity contribution in [3.63, 3.8) is 0 Å². The minimum Gasteiger partial charge on any atom is -0.748 e. The molecule has 0 aromatic carbocycles. The molecular weight excluding hydrogens is 382 g/mol. The Morgan fingerprint density at radius 3 is 1.28 bits per heavy atom. The van der Waals surface area contributed by atoms with E-state index in [0.717, 1.165) is 45.1 Å². The molecule has 0 aliphatic heterocycles. The summed E-state index contributed by atoms with van der Waals surface area (Å²) >= 11 is 0. The lowest BCUT2D eigenvalue weighted by Crippen LogP contribution is -2.98. The van der Waals surface area contributed by atoms with Crippen LogP contribution in [-0.2, 0) is 10.1 Å². The van der Waals surface area contributed by atoms with Crippen LogP contribution < -0.4 is 5.32 Å². The van der Waals surface area contributed by atoms with Gasteiger partial charge in [-0.25, -0.2) is 8.42 Å². The zero-order valence-electron chi connectivity index (χ0n) is 19.9. The Morgan fingerprint density at radius 2 is 0.966 bits per heavy atom. The first-order chi connectivity index (χ1) is 13.9. The molecule has 0 rings (SSSR count). The monoisotopic (exact) mass is 433 g/mol. The van der Waals surface area contributed by atoms with Gasteiger partial charge in [-0.2, -0.15) is 0 Å². The zero-order chi connectivity index (χ0) is 21.8. The average molecular weight is 434 g/mol. The first-order valence-corrected chi connectivity index (χ1v) is 14.2. The molecule has 0 aromatic rings. The van der Waals surface area contributed by atoms with Gasteiger partial charge in [-0.1, -0.05) is 104 Å². The van der Waals surface area contributed by atoms with Gasteiger partial charge in [0.2, 0.25) is 0 Å². The summed E-state index contributed by atoms with van der Waals surface area (Å²) in [5.74, 6) is -0.208. The lowest BCUT2D eigenvalue weighted by atomic mass is 9.87. The van der Waals surface area contributed by atoms with E-state index in [4.69, 9.17) is 0 Å². The highest BCUT2D eigenvalue weighted by Crippen LogP contribution is 2.22. The minimum absolute atomic E-state index is 0.208. The van der Waals surface area contributed by atoms with Crippen LogP contribution in [0.4, 0.5) is 0 Å². The number of hydrogen-bond acceptors (Lipinski definition) is 3. The van der Waals surface area contributed by atoms with Crippen LogP contribution in [0.3, 0.4) is 0 Å².